The van der Waals surface area contributed by atoms with Crippen LogP contribution >= 0.6 is 11.6 Å². The van der Waals surface area contributed by atoms with Gasteiger partial charge in [-0.15, -0.1) is 0 Å². The van der Waals surface area contributed by atoms with Crippen LogP contribution in [0.3, 0.4) is 0 Å². The van der Waals surface area contributed by atoms with Crippen LogP contribution in [0.1, 0.15) is 40.5 Å². The number of carbonyl (C=O) groups excluding carboxylic acids is 1. The van der Waals surface area contributed by atoms with Gasteiger partial charge in [-0.3, -0.25) is 4.79 Å². The molecule has 0 amide bonds. The molecule has 0 aromatic carbocycles. The van der Waals surface area contributed by atoms with Crippen molar-refractivity contribution in [3.63, 3.8) is 0 Å². The summed E-state index contributed by atoms with van der Waals surface area (Å²) < 4.78 is 0. The summed E-state index contributed by atoms with van der Waals surface area (Å²) >= 11 is 5.61. The third-order valence-electron chi connectivity index (χ3n) is 3.20. The molecule has 0 N–H and O–H groups in total. The highest BCUT2D eigenvalue weighted by molar-refractivity contribution is 6.64. The molecule has 0 radical (unpaired) electrons. The fraction of sp³-hybridized carbons (Fsp3) is 0.900. The first-order valence-corrected chi connectivity index (χ1v) is 4.84. The molecule has 0 atom stereocenters. The summed E-state index contributed by atoms with van der Waals surface area (Å²) in [5.41, 5.74) is 0.171. The molecule has 1 fully saturated rings. The number of halogens is 1. The maximum Gasteiger partial charge on any atom is 0.225 e. The minimum absolute atomic E-state index is 0.0201. The van der Waals surface area contributed by atoms with Gasteiger partial charge in [0.1, 0.15) is 0 Å². The lowest BCUT2D eigenvalue weighted by molar-refractivity contribution is -0.120. The Labute approximate surface area is 79.5 Å². The number of hydrogen-bond donors (Lipinski definition) is 0. The van der Waals surface area contributed by atoms with Gasteiger partial charge in [-0.05, 0) is 35.3 Å². The van der Waals surface area contributed by atoms with E-state index in [1.807, 2.05) is 0 Å². The third kappa shape index (κ3) is 1.52. The van der Waals surface area contributed by atoms with Gasteiger partial charge in [-0.25, -0.2) is 0 Å². The first-order chi connectivity index (χ1) is 5.27. The van der Waals surface area contributed by atoms with Crippen LogP contribution in [0.25, 0.3) is 0 Å². The molecule has 0 unspecified atom stereocenters. The molecule has 1 nitrogen and oxygen atoms in total. The molecule has 0 spiro atoms. The van der Waals surface area contributed by atoms with Crippen LogP contribution < -0.4 is 0 Å². The summed E-state index contributed by atoms with van der Waals surface area (Å²) in [7, 11) is 0. The smallest absolute Gasteiger partial charge is 0.225 e. The van der Waals surface area contributed by atoms with Gasteiger partial charge in [0.15, 0.2) is 0 Å². The largest absolute Gasteiger partial charge is 0.281 e. The van der Waals surface area contributed by atoms with Crippen LogP contribution in [0.2, 0.25) is 0 Å². The third-order valence-corrected chi connectivity index (χ3v) is 3.42. The van der Waals surface area contributed by atoms with Gasteiger partial charge in [0.2, 0.25) is 5.24 Å². The molecule has 0 aliphatic heterocycles. The molecule has 1 aliphatic carbocycles. The van der Waals surface area contributed by atoms with Crippen LogP contribution in [0.15, 0.2) is 0 Å². The van der Waals surface area contributed by atoms with Crippen molar-refractivity contribution >= 4 is 16.8 Å². The normalized spacial score (nSPS) is 27.4. The SMILES string of the molecule is CC1(C)CCC(C)(C)C1C(=O)Cl. The maximum absolute atomic E-state index is 11.2. The Balaban J connectivity index is 2.96. The van der Waals surface area contributed by atoms with E-state index < -0.39 is 0 Å². The van der Waals surface area contributed by atoms with Crippen molar-refractivity contribution in [2.45, 2.75) is 40.5 Å². The summed E-state index contributed by atoms with van der Waals surface area (Å²) in [6.07, 6.45) is 2.20. The predicted octanol–water partition coefficient (Wildman–Crippen LogP) is 3.21. The van der Waals surface area contributed by atoms with Crippen LogP contribution in [-0.4, -0.2) is 5.24 Å². The summed E-state index contributed by atoms with van der Waals surface area (Å²) in [6.45, 7) is 8.53. The second kappa shape index (κ2) is 2.73. The van der Waals surface area contributed by atoms with Crippen LogP contribution in [0.4, 0.5) is 0 Å². The Morgan fingerprint density at radius 2 is 1.50 bits per heavy atom. The van der Waals surface area contributed by atoms with E-state index >= 15 is 0 Å². The topological polar surface area (TPSA) is 17.1 Å². The fourth-order valence-corrected chi connectivity index (χ4v) is 3.20. The van der Waals surface area contributed by atoms with Gasteiger partial charge in [-0.2, -0.15) is 0 Å². The molecule has 0 heterocycles. The number of rotatable bonds is 1. The zero-order chi connectivity index (χ0) is 9.57. The lowest BCUT2D eigenvalue weighted by Gasteiger charge is -2.31. The Kier molecular flexibility index (Phi) is 2.28. The average molecular weight is 189 g/mol. The molecule has 1 saturated carbocycles. The van der Waals surface area contributed by atoms with E-state index in [1.165, 1.54) is 0 Å². The zero-order valence-corrected chi connectivity index (χ0v) is 9.03. The standard InChI is InChI=1S/C10H17ClO/c1-9(2)5-6-10(3,4)7(9)8(11)12/h7H,5-6H2,1-4H3. The van der Waals surface area contributed by atoms with Gasteiger partial charge in [-0.1, -0.05) is 27.7 Å². The van der Waals surface area contributed by atoms with Crippen LogP contribution in [0.5, 0.6) is 0 Å². The Bertz CT molecular complexity index is 190. The molecular formula is C10H17ClO. The van der Waals surface area contributed by atoms with Gasteiger partial charge in [0.25, 0.3) is 0 Å². The van der Waals surface area contributed by atoms with Crippen molar-refractivity contribution < 1.29 is 4.79 Å². The van der Waals surface area contributed by atoms with Gasteiger partial charge >= 0.3 is 0 Å². The number of carbonyl (C=O) groups is 1. The highest BCUT2D eigenvalue weighted by Gasteiger charge is 2.50. The molecule has 2 heteroatoms. The predicted molar refractivity (Wildman–Crippen MR) is 51.1 cm³/mol. The van der Waals surface area contributed by atoms with Gasteiger partial charge in [0.05, 0.1) is 0 Å². The fourth-order valence-electron chi connectivity index (χ4n) is 2.61. The first kappa shape index (κ1) is 10.0. The van der Waals surface area contributed by atoms with E-state index in [1.54, 1.807) is 0 Å². The Hall–Kier alpha value is -0.0400. The van der Waals surface area contributed by atoms with Crippen molar-refractivity contribution in [3.05, 3.63) is 0 Å². The van der Waals surface area contributed by atoms with Crippen molar-refractivity contribution in [2.75, 3.05) is 0 Å². The maximum atomic E-state index is 11.2. The average Bonchev–Trinajstić information content (AvgIpc) is 2.01. The van der Waals surface area contributed by atoms with Crippen molar-refractivity contribution in [1.82, 2.24) is 0 Å². The van der Waals surface area contributed by atoms with E-state index in [9.17, 15) is 4.79 Å². The number of hydrogen-bond acceptors (Lipinski definition) is 1. The van der Waals surface area contributed by atoms with Crippen molar-refractivity contribution in [2.24, 2.45) is 16.7 Å². The molecule has 12 heavy (non-hydrogen) atoms. The molecule has 1 aliphatic rings. The first-order valence-electron chi connectivity index (χ1n) is 4.47. The molecule has 0 saturated heterocycles. The van der Waals surface area contributed by atoms with Crippen LogP contribution in [0, 0.1) is 16.7 Å². The summed E-state index contributed by atoms with van der Waals surface area (Å²) in [4.78, 5) is 11.2. The van der Waals surface area contributed by atoms with E-state index in [-0.39, 0.29) is 22.0 Å². The molecule has 1 rings (SSSR count). The second-order valence-electron chi connectivity index (χ2n) is 5.21. The Morgan fingerprint density at radius 1 is 1.17 bits per heavy atom. The van der Waals surface area contributed by atoms with Crippen molar-refractivity contribution in [1.29, 1.82) is 0 Å². The quantitative estimate of drug-likeness (QED) is 0.578. The molecule has 0 bridgehead atoms. The summed E-state index contributed by atoms with van der Waals surface area (Å²) in [6, 6.07) is 0. The monoisotopic (exact) mass is 188 g/mol. The molecular weight excluding hydrogens is 172 g/mol. The van der Waals surface area contributed by atoms with E-state index in [0.717, 1.165) is 12.8 Å². The van der Waals surface area contributed by atoms with Crippen molar-refractivity contribution in [3.8, 4) is 0 Å². The van der Waals surface area contributed by atoms with E-state index in [2.05, 4.69) is 27.7 Å². The lowest BCUT2D eigenvalue weighted by atomic mass is 9.73. The molecule has 70 valence electrons. The highest BCUT2D eigenvalue weighted by atomic mass is 35.5. The van der Waals surface area contributed by atoms with Gasteiger partial charge in [0, 0.05) is 5.92 Å². The zero-order valence-electron chi connectivity index (χ0n) is 8.28. The Morgan fingerprint density at radius 3 is 1.67 bits per heavy atom. The van der Waals surface area contributed by atoms with E-state index in [4.69, 9.17) is 11.6 Å². The van der Waals surface area contributed by atoms with Crippen LogP contribution in [-0.2, 0) is 4.79 Å². The molecule has 0 aromatic heterocycles. The summed E-state index contributed by atoms with van der Waals surface area (Å²) in [5, 5.41) is -0.164. The lowest BCUT2D eigenvalue weighted by Crippen LogP contribution is -2.32. The summed E-state index contributed by atoms with van der Waals surface area (Å²) in [5.74, 6) is 0.0201. The minimum Gasteiger partial charge on any atom is -0.281 e. The second-order valence-corrected chi connectivity index (χ2v) is 5.59. The molecule has 0 aromatic rings. The highest BCUT2D eigenvalue weighted by Crippen LogP contribution is 2.54. The minimum atomic E-state index is -0.164. The van der Waals surface area contributed by atoms with E-state index in [0.29, 0.717) is 0 Å². The van der Waals surface area contributed by atoms with Gasteiger partial charge < -0.3 is 0 Å².